The molecule has 1 aromatic carbocycles. The number of anilines is 2. The van der Waals surface area contributed by atoms with Gasteiger partial charge in [-0.3, -0.25) is 0 Å². The Bertz CT molecular complexity index is 730. The van der Waals surface area contributed by atoms with Crippen molar-refractivity contribution in [3.05, 3.63) is 51.8 Å². The molecule has 0 radical (unpaired) electrons. The fourth-order valence-electron chi connectivity index (χ4n) is 2.21. The molecule has 114 valence electrons. The Balaban J connectivity index is 1.98. The van der Waals surface area contributed by atoms with Crippen LogP contribution in [0.3, 0.4) is 0 Å². The first kappa shape index (κ1) is 15.1. The number of nitrogens with one attached hydrogen (secondary N) is 1. The van der Waals surface area contributed by atoms with E-state index >= 15 is 0 Å². The Morgan fingerprint density at radius 2 is 2.05 bits per heavy atom. The number of ether oxygens (including phenoxy) is 1. The minimum atomic E-state index is -0.491. The van der Waals surface area contributed by atoms with Gasteiger partial charge >= 0.3 is 5.97 Å². The Morgan fingerprint density at radius 3 is 2.68 bits per heavy atom. The Labute approximate surface area is 138 Å². The fraction of sp³-hybridized carbons (Fsp3) is 0.250. The molecular formula is C16H14Cl2N2O2. The van der Waals surface area contributed by atoms with E-state index in [0.717, 1.165) is 18.4 Å². The monoisotopic (exact) mass is 336 g/mol. The van der Waals surface area contributed by atoms with Gasteiger partial charge in [-0.1, -0.05) is 23.2 Å². The Kier molecular flexibility index (Phi) is 4.23. The lowest BCUT2D eigenvalue weighted by Gasteiger charge is -2.13. The lowest BCUT2D eigenvalue weighted by Crippen LogP contribution is -2.09. The van der Waals surface area contributed by atoms with Crippen molar-refractivity contribution < 1.29 is 9.53 Å². The molecule has 6 heteroatoms. The van der Waals surface area contributed by atoms with Crippen molar-refractivity contribution in [2.75, 3.05) is 12.4 Å². The summed E-state index contributed by atoms with van der Waals surface area (Å²) in [5.74, 6) is 0.0374. The van der Waals surface area contributed by atoms with Gasteiger partial charge in [0.05, 0.1) is 23.5 Å². The third kappa shape index (κ3) is 3.18. The molecule has 1 aliphatic rings. The highest BCUT2D eigenvalue weighted by Crippen LogP contribution is 2.41. The third-order valence-electron chi connectivity index (χ3n) is 3.54. The van der Waals surface area contributed by atoms with E-state index in [1.807, 2.05) is 6.07 Å². The Morgan fingerprint density at radius 1 is 1.27 bits per heavy atom. The van der Waals surface area contributed by atoms with Gasteiger partial charge in [0.2, 0.25) is 0 Å². The summed E-state index contributed by atoms with van der Waals surface area (Å²) in [6, 6.07) is 7.06. The molecule has 0 amide bonds. The van der Waals surface area contributed by atoms with Crippen LogP contribution in [0.4, 0.5) is 11.4 Å². The van der Waals surface area contributed by atoms with Crippen LogP contribution in [0.2, 0.25) is 10.0 Å². The molecule has 1 heterocycles. The standard InChI is InChI=1S/C16H14Cl2N2O2/c1-22-16(21)15-14(6-10(8-19-15)9-2-3-9)20-13-5-4-11(17)7-12(13)18/h4-9,20H,2-3H2,1H3. The van der Waals surface area contributed by atoms with Gasteiger partial charge in [-0.15, -0.1) is 0 Å². The fourth-order valence-corrected chi connectivity index (χ4v) is 2.67. The van der Waals surface area contributed by atoms with Crippen LogP contribution in [-0.4, -0.2) is 18.1 Å². The van der Waals surface area contributed by atoms with Gasteiger partial charge in [0.15, 0.2) is 5.69 Å². The van der Waals surface area contributed by atoms with Gasteiger partial charge in [-0.25, -0.2) is 9.78 Å². The lowest BCUT2D eigenvalue weighted by atomic mass is 10.1. The lowest BCUT2D eigenvalue weighted by molar-refractivity contribution is 0.0595. The van der Waals surface area contributed by atoms with E-state index in [1.165, 1.54) is 7.11 Å². The first-order valence-electron chi connectivity index (χ1n) is 6.89. The van der Waals surface area contributed by atoms with Crippen molar-refractivity contribution in [2.24, 2.45) is 0 Å². The van der Waals surface area contributed by atoms with Crippen molar-refractivity contribution in [3.63, 3.8) is 0 Å². The molecule has 1 aromatic heterocycles. The largest absolute Gasteiger partial charge is 0.464 e. The van der Waals surface area contributed by atoms with E-state index in [1.54, 1.807) is 24.4 Å². The molecule has 1 aliphatic carbocycles. The van der Waals surface area contributed by atoms with Crippen LogP contribution >= 0.6 is 23.2 Å². The zero-order valence-corrected chi connectivity index (χ0v) is 13.4. The average molecular weight is 337 g/mol. The summed E-state index contributed by atoms with van der Waals surface area (Å²) in [4.78, 5) is 16.1. The number of nitrogens with zero attached hydrogens (tertiary/aromatic N) is 1. The number of rotatable bonds is 4. The van der Waals surface area contributed by atoms with Crippen LogP contribution < -0.4 is 5.32 Å². The number of hydrogen-bond acceptors (Lipinski definition) is 4. The van der Waals surface area contributed by atoms with Crippen LogP contribution in [0.25, 0.3) is 0 Å². The molecule has 1 N–H and O–H groups in total. The van der Waals surface area contributed by atoms with Crippen molar-refractivity contribution in [1.29, 1.82) is 0 Å². The smallest absolute Gasteiger partial charge is 0.358 e. The van der Waals surface area contributed by atoms with Gasteiger partial charge in [0.1, 0.15) is 0 Å². The van der Waals surface area contributed by atoms with E-state index in [-0.39, 0.29) is 5.69 Å². The van der Waals surface area contributed by atoms with Crippen LogP contribution in [0.15, 0.2) is 30.5 Å². The maximum absolute atomic E-state index is 11.9. The average Bonchev–Trinajstić information content (AvgIpc) is 3.34. The summed E-state index contributed by atoms with van der Waals surface area (Å²) >= 11 is 12.1. The van der Waals surface area contributed by atoms with E-state index in [4.69, 9.17) is 27.9 Å². The summed E-state index contributed by atoms with van der Waals surface area (Å²) in [6.45, 7) is 0. The second-order valence-corrected chi connectivity index (χ2v) is 6.02. The van der Waals surface area contributed by atoms with Gasteiger partial charge < -0.3 is 10.1 Å². The highest BCUT2D eigenvalue weighted by Gasteiger charge is 2.26. The van der Waals surface area contributed by atoms with Crippen molar-refractivity contribution in [1.82, 2.24) is 4.98 Å². The predicted octanol–water partition coefficient (Wildman–Crippen LogP) is 4.80. The molecule has 1 fully saturated rings. The van der Waals surface area contributed by atoms with Crippen molar-refractivity contribution in [3.8, 4) is 0 Å². The first-order chi connectivity index (χ1) is 10.6. The summed E-state index contributed by atoms with van der Waals surface area (Å²) in [5.41, 5.74) is 2.59. The molecule has 0 spiro atoms. The molecule has 0 unspecified atom stereocenters. The number of pyridine rings is 1. The van der Waals surface area contributed by atoms with E-state index in [0.29, 0.717) is 27.3 Å². The predicted molar refractivity (Wildman–Crippen MR) is 87.3 cm³/mol. The molecule has 4 nitrogen and oxygen atoms in total. The molecule has 2 aromatic rings. The number of aromatic nitrogens is 1. The number of hydrogen-bond donors (Lipinski definition) is 1. The number of methoxy groups -OCH3 is 1. The van der Waals surface area contributed by atoms with E-state index in [2.05, 4.69) is 10.3 Å². The van der Waals surface area contributed by atoms with E-state index < -0.39 is 5.97 Å². The molecular weight excluding hydrogens is 323 g/mol. The first-order valence-corrected chi connectivity index (χ1v) is 7.64. The third-order valence-corrected chi connectivity index (χ3v) is 4.08. The van der Waals surface area contributed by atoms with E-state index in [9.17, 15) is 4.79 Å². The number of esters is 1. The molecule has 0 saturated heterocycles. The summed E-state index contributed by atoms with van der Waals surface area (Å²) in [7, 11) is 1.33. The Hall–Kier alpha value is -1.78. The molecule has 3 rings (SSSR count). The minimum absolute atomic E-state index is 0.234. The van der Waals surface area contributed by atoms with Crippen LogP contribution in [0, 0.1) is 0 Å². The second kappa shape index (κ2) is 6.15. The van der Waals surface area contributed by atoms with Gasteiger partial charge in [0.25, 0.3) is 0 Å². The molecule has 0 aliphatic heterocycles. The van der Waals surface area contributed by atoms with Crippen LogP contribution in [0.5, 0.6) is 0 Å². The minimum Gasteiger partial charge on any atom is -0.464 e. The van der Waals surface area contributed by atoms with Gasteiger partial charge in [-0.2, -0.15) is 0 Å². The summed E-state index contributed by atoms with van der Waals surface area (Å²) in [5, 5.41) is 4.17. The number of halogens is 2. The molecule has 0 bridgehead atoms. The zero-order chi connectivity index (χ0) is 15.7. The quantitative estimate of drug-likeness (QED) is 0.815. The molecule has 22 heavy (non-hydrogen) atoms. The maximum Gasteiger partial charge on any atom is 0.358 e. The molecule has 1 saturated carbocycles. The summed E-state index contributed by atoms with van der Waals surface area (Å²) < 4.78 is 4.78. The summed E-state index contributed by atoms with van der Waals surface area (Å²) in [6.07, 6.45) is 4.04. The topological polar surface area (TPSA) is 51.2 Å². The SMILES string of the molecule is COC(=O)c1ncc(C2CC2)cc1Nc1ccc(Cl)cc1Cl. The number of benzene rings is 1. The van der Waals surface area contributed by atoms with Crippen molar-refractivity contribution in [2.45, 2.75) is 18.8 Å². The zero-order valence-electron chi connectivity index (χ0n) is 11.9. The van der Waals surface area contributed by atoms with Gasteiger partial charge in [-0.05, 0) is 48.6 Å². The van der Waals surface area contributed by atoms with Crippen LogP contribution in [0.1, 0.15) is 34.8 Å². The van der Waals surface area contributed by atoms with Gasteiger partial charge in [0, 0.05) is 11.2 Å². The number of carbonyl (C=O) groups excluding carboxylic acids is 1. The maximum atomic E-state index is 11.9. The highest BCUT2D eigenvalue weighted by atomic mass is 35.5. The normalized spacial score (nSPS) is 13.8. The van der Waals surface area contributed by atoms with Crippen molar-refractivity contribution >= 4 is 40.5 Å². The second-order valence-electron chi connectivity index (χ2n) is 5.18. The molecule has 0 atom stereocenters. The van der Waals surface area contributed by atoms with Crippen LogP contribution in [-0.2, 0) is 4.74 Å². The highest BCUT2D eigenvalue weighted by molar-refractivity contribution is 6.36. The number of carbonyl (C=O) groups is 1.